The molecule has 0 aliphatic carbocycles. The van der Waals surface area contributed by atoms with Crippen molar-refractivity contribution >= 4 is 64.2 Å². The Kier molecular flexibility index (Phi) is 11.2. The van der Waals surface area contributed by atoms with Crippen molar-refractivity contribution < 1.29 is 17.6 Å². The summed E-state index contributed by atoms with van der Waals surface area (Å²) in [5.41, 5.74) is 2.53. The van der Waals surface area contributed by atoms with Gasteiger partial charge < -0.3 is 9.33 Å². The van der Waals surface area contributed by atoms with Crippen molar-refractivity contribution in [2.24, 2.45) is 0 Å². The number of hydrogen-bond acceptors (Lipinski definition) is 6. The summed E-state index contributed by atoms with van der Waals surface area (Å²) >= 11 is 12.5. The summed E-state index contributed by atoms with van der Waals surface area (Å²) < 4.78 is 34.5. The van der Waals surface area contributed by atoms with E-state index in [0.717, 1.165) is 9.87 Å². The number of anilines is 1. The fourth-order valence-electron chi connectivity index (χ4n) is 5.98. The molecule has 0 aliphatic heterocycles. The van der Waals surface area contributed by atoms with Gasteiger partial charge in [-0.15, -0.1) is 0 Å². The summed E-state index contributed by atoms with van der Waals surface area (Å²) in [5, 5.41) is 1.43. The largest absolute Gasteiger partial charge is 0.540 e. The molecule has 2 aromatic heterocycles. The third-order valence-corrected chi connectivity index (χ3v) is 16.3. The molecule has 1 amide bonds. The van der Waals surface area contributed by atoms with Crippen LogP contribution in [0.25, 0.3) is 10.9 Å². The van der Waals surface area contributed by atoms with Crippen LogP contribution in [-0.2, 0) is 16.6 Å². The molecule has 0 atom stereocenters. The molecule has 0 aliphatic rings. The van der Waals surface area contributed by atoms with E-state index < -0.39 is 24.2 Å². The number of sulfonamides is 1. The number of nitrogens with zero attached hydrogens (tertiary/aromatic N) is 4. The first-order valence-electron chi connectivity index (χ1n) is 14.7. The Morgan fingerprint density at radius 1 is 0.953 bits per heavy atom. The lowest BCUT2D eigenvalue weighted by Gasteiger charge is -2.42. The average Bonchev–Trinajstić information content (AvgIpc) is 2.92. The van der Waals surface area contributed by atoms with Crippen molar-refractivity contribution in [1.82, 2.24) is 14.9 Å². The van der Waals surface area contributed by atoms with E-state index in [0.29, 0.717) is 38.9 Å². The number of carbonyl (C=O) groups excluding carboxylic acids is 1. The molecule has 0 fully saturated rings. The lowest BCUT2D eigenvalue weighted by atomic mass is 10.1. The highest BCUT2D eigenvalue weighted by atomic mass is 35.5. The normalized spacial score (nSPS) is 12.4. The number of aromatic nitrogens is 2. The SMILES string of the molecule is CCN(Cc1cc(Cl)cc(Cl)c1)C(=O)c1nc(N(C)S(=O)(=O)CC)c2ccc(C)nc2c1O[Si](C(C)C)(C(C)C)C(C)C. The van der Waals surface area contributed by atoms with Crippen molar-refractivity contribution in [2.75, 3.05) is 23.7 Å². The summed E-state index contributed by atoms with van der Waals surface area (Å²) in [5.74, 6) is -0.0943. The highest BCUT2D eigenvalue weighted by Gasteiger charge is 2.48. The van der Waals surface area contributed by atoms with Crippen molar-refractivity contribution in [1.29, 1.82) is 0 Å². The molecule has 3 rings (SSSR count). The summed E-state index contributed by atoms with van der Waals surface area (Å²) in [7, 11) is -4.88. The van der Waals surface area contributed by atoms with Gasteiger partial charge in [-0.05, 0) is 73.3 Å². The summed E-state index contributed by atoms with van der Waals surface area (Å²) in [6.45, 7) is 18.9. The van der Waals surface area contributed by atoms with E-state index in [1.54, 1.807) is 36.1 Å². The molecule has 0 spiro atoms. The van der Waals surface area contributed by atoms with Crippen LogP contribution in [0.5, 0.6) is 5.75 Å². The van der Waals surface area contributed by atoms with Gasteiger partial charge in [0, 0.05) is 41.3 Å². The summed E-state index contributed by atoms with van der Waals surface area (Å²) in [6.07, 6.45) is 0. The quantitative estimate of drug-likeness (QED) is 0.181. The first kappa shape index (κ1) is 35.1. The van der Waals surface area contributed by atoms with E-state index in [2.05, 4.69) is 41.5 Å². The second-order valence-corrected chi connectivity index (χ2v) is 20.4. The van der Waals surface area contributed by atoms with Gasteiger partial charge in [-0.3, -0.25) is 9.10 Å². The number of carbonyl (C=O) groups is 1. The Balaban J connectivity index is 2.42. The zero-order chi connectivity index (χ0) is 32.4. The molecule has 0 bridgehead atoms. The van der Waals surface area contributed by atoms with Crippen LogP contribution in [0.1, 0.15) is 77.1 Å². The van der Waals surface area contributed by atoms with Crippen molar-refractivity contribution in [2.45, 2.75) is 85.5 Å². The van der Waals surface area contributed by atoms with Crippen molar-refractivity contribution in [3.05, 3.63) is 57.3 Å². The fraction of sp³-hybridized carbons (Fsp3) is 0.516. The molecule has 0 radical (unpaired) electrons. The van der Waals surface area contributed by atoms with Gasteiger partial charge in [0.2, 0.25) is 10.0 Å². The first-order chi connectivity index (χ1) is 20.0. The molecular formula is C31H44Cl2N4O4SSi. The van der Waals surface area contributed by atoms with Gasteiger partial charge in [-0.1, -0.05) is 64.7 Å². The maximum atomic E-state index is 14.5. The third kappa shape index (κ3) is 7.13. The topological polar surface area (TPSA) is 92.7 Å². The van der Waals surface area contributed by atoms with E-state index in [1.165, 1.54) is 7.05 Å². The number of rotatable bonds is 12. The molecule has 0 N–H and O–H groups in total. The Bertz CT molecular complexity index is 1560. The van der Waals surface area contributed by atoms with Crippen LogP contribution in [-0.4, -0.2) is 56.9 Å². The summed E-state index contributed by atoms with van der Waals surface area (Å²) in [6, 6.07) is 8.78. The standard InChI is InChI=1S/C31H44Cl2N4O4SSi/c1-11-37(18-23-15-24(32)17-25(33)16-23)31(38)28-29(41-43(19(3)4,20(5)6)21(7)8)27-26(14-13-22(9)34-27)30(35-28)36(10)42(39,40)12-2/h13-17,19-21H,11-12,18H2,1-10H3. The molecule has 12 heteroatoms. The second kappa shape index (κ2) is 13.7. The van der Waals surface area contributed by atoms with Gasteiger partial charge >= 0.3 is 0 Å². The molecule has 8 nitrogen and oxygen atoms in total. The van der Waals surface area contributed by atoms with Crippen molar-refractivity contribution in [3.63, 3.8) is 0 Å². The van der Waals surface area contributed by atoms with Crippen LogP contribution >= 0.6 is 23.2 Å². The Morgan fingerprint density at radius 2 is 1.51 bits per heavy atom. The van der Waals surface area contributed by atoms with Crippen LogP contribution in [0.15, 0.2) is 30.3 Å². The molecule has 0 saturated carbocycles. The fourth-order valence-corrected chi connectivity index (χ4v) is 12.6. The van der Waals surface area contributed by atoms with Crippen LogP contribution in [0.4, 0.5) is 5.82 Å². The molecule has 0 saturated heterocycles. The van der Waals surface area contributed by atoms with Gasteiger partial charge in [0.25, 0.3) is 14.2 Å². The monoisotopic (exact) mass is 666 g/mol. The van der Waals surface area contributed by atoms with Crippen molar-refractivity contribution in [3.8, 4) is 5.75 Å². The van der Waals surface area contributed by atoms with Gasteiger partial charge in [-0.25, -0.2) is 18.4 Å². The lowest BCUT2D eigenvalue weighted by Crippen LogP contribution is -2.51. The number of halogens is 2. The molecule has 3 aromatic rings. The van der Waals surface area contributed by atoms with Crippen LogP contribution in [0, 0.1) is 6.92 Å². The molecule has 2 heterocycles. The average molecular weight is 668 g/mol. The highest BCUT2D eigenvalue weighted by Crippen LogP contribution is 2.46. The lowest BCUT2D eigenvalue weighted by molar-refractivity contribution is 0.0744. The molecule has 1 aromatic carbocycles. The van der Waals surface area contributed by atoms with Gasteiger partial charge in [0.15, 0.2) is 17.3 Å². The van der Waals surface area contributed by atoms with E-state index in [4.69, 9.17) is 37.6 Å². The zero-order valence-electron chi connectivity index (χ0n) is 26.8. The molecule has 0 unspecified atom stereocenters. The minimum Gasteiger partial charge on any atom is -0.540 e. The van der Waals surface area contributed by atoms with E-state index >= 15 is 0 Å². The number of hydrogen-bond donors (Lipinski definition) is 0. The maximum Gasteiger partial charge on any atom is 0.276 e. The molecule has 236 valence electrons. The second-order valence-electron chi connectivity index (χ2n) is 11.8. The van der Waals surface area contributed by atoms with E-state index in [1.807, 2.05) is 19.9 Å². The highest BCUT2D eigenvalue weighted by molar-refractivity contribution is 7.92. The number of amides is 1. The predicted molar refractivity (Wildman–Crippen MR) is 181 cm³/mol. The zero-order valence-corrected chi connectivity index (χ0v) is 30.2. The minimum absolute atomic E-state index is 0.0348. The smallest absolute Gasteiger partial charge is 0.276 e. The first-order valence-corrected chi connectivity index (χ1v) is 19.2. The number of pyridine rings is 2. The van der Waals surface area contributed by atoms with Gasteiger partial charge in [0.05, 0.1) is 5.75 Å². The van der Waals surface area contributed by atoms with E-state index in [-0.39, 0.29) is 40.4 Å². The number of fused-ring (bicyclic) bond motifs is 1. The third-order valence-electron chi connectivity index (χ3n) is 8.16. The number of benzene rings is 1. The number of aryl methyl sites for hydroxylation is 1. The Hall–Kier alpha value is -2.40. The van der Waals surface area contributed by atoms with Gasteiger partial charge in [0.1, 0.15) is 5.52 Å². The maximum absolute atomic E-state index is 14.5. The predicted octanol–water partition coefficient (Wildman–Crippen LogP) is 8.25. The molecule has 43 heavy (non-hydrogen) atoms. The summed E-state index contributed by atoms with van der Waals surface area (Å²) in [4.78, 5) is 25.8. The van der Waals surface area contributed by atoms with E-state index in [9.17, 15) is 13.2 Å². The Labute approximate surface area is 267 Å². The van der Waals surface area contributed by atoms with Crippen LogP contribution in [0.3, 0.4) is 0 Å². The molecular weight excluding hydrogens is 623 g/mol. The van der Waals surface area contributed by atoms with Gasteiger partial charge in [-0.2, -0.15) is 0 Å². The van der Waals surface area contributed by atoms with Crippen LogP contribution in [0.2, 0.25) is 26.7 Å². The Morgan fingerprint density at radius 3 is 2.00 bits per heavy atom. The minimum atomic E-state index is -3.71. The van der Waals surface area contributed by atoms with Crippen LogP contribution < -0.4 is 8.73 Å².